The second kappa shape index (κ2) is 8.35. The van der Waals surface area contributed by atoms with E-state index < -0.39 is 11.3 Å². The Morgan fingerprint density at radius 1 is 1.16 bits per heavy atom. The summed E-state index contributed by atoms with van der Waals surface area (Å²) in [6.45, 7) is 4.15. The molecule has 0 spiro atoms. The first-order valence-corrected chi connectivity index (χ1v) is 10.3. The minimum Gasteiger partial charge on any atom is -0.486 e. The molecule has 0 aliphatic heterocycles. The number of fused-ring (bicyclic) bond motifs is 1. The average molecular weight is 419 g/mol. The van der Waals surface area contributed by atoms with Gasteiger partial charge in [-0.25, -0.2) is 5.48 Å². The fourth-order valence-electron chi connectivity index (χ4n) is 3.73. The molecule has 2 amide bonds. The van der Waals surface area contributed by atoms with Crippen LogP contribution in [-0.4, -0.2) is 28.6 Å². The summed E-state index contributed by atoms with van der Waals surface area (Å²) in [6, 6.07) is 16.9. The maximum atomic E-state index is 12.4. The van der Waals surface area contributed by atoms with Crippen LogP contribution in [0.25, 0.3) is 10.9 Å². The van der Waals surface area contributed by atoms with Gasteiger partial charge < -0.3 is 10.1 Å². The van der Waals surface area contributed by atoms with E-state index in [1.807, 2.05) is 44.2 Å². The SMILES string of the molecule is Cc1cc(C(C)Oc2ccc(C(=O)NCC3(C(=O)NO)CC3)cc2)c2ccccc2n1. The van der Waals surface area contributed by atoms with Crippen LogP contribution in [0.1, 0.15) is 47.5 Å². The van der Waals surface area contributed by atoms with Gasteiger partial charge in [0.25, 0.3) is 11.8 Å². The van der Waals surface area contributed by atoms with Gasteiger partial charge in [0, 0.05) is 28.8 Å². The van der Waals surface area contributed by atoms with E-state index in [4.69, 9.17) is 9.94 Å². The lowest BCUT2D eigenvalue weighted by atomic mass is 10.0. The molecule has 0 saturated heterocycles. The van der Waals surface area contributed by atoms with E-state index in [9.17, 15) is 9.59 Å². The molecule has 1 fully saturated rings. The normalized spacial score (nSPS) is 15.2. The van der Waals surface area contributed by atoms with Crippen LogP contribution in [0.4, 0.5) is 0 Å². The van der Waals surface area contributed by atoms with Gasteiger partial charge in [0.15, 0.2) is 0 Å². The van der Waals surface area contributed by atoms with Crippen LogP contribution < -0.4 is 15.5 Å². The van der Waals surface area contributed by atoms with E-state index in [0.29, 0.717) is 24.2 Å². The summed E-state index contributed by atoms with van der Waals surface area (Å²) in [4.78, 5) is 28.7. The van der Waals surface area contributed by atoms with Crippen LogP contribution in [0.3, 0.4) is 0 Å². The number of benzene rings is 2. The number of aromatic nitrogens is 1. The van der Waals surface area contributed by atoms with Gasteiger partial charge in [-0.3, -0.25) is 19.8 Å². The van der Waals surface area contributed by atoms with Gasteiger partial charge in [-0.1, -0.05) is 18.2 Å². The third-order valence-electron chi connectivity index (χ3n) is 5.77. The lowest BCUT2D eigenvalue weighted by molar-refractivity contribution is -0.134. The molecule has 3 N–H and O–H groups in total. The highest BCUT2D eigenvalue weighted by Crippen LogP contribution is 2.45. The van der Waals surface area contributed by atoms with Gasteiger partial charge in [-0.2, -0.15) is 0 Å². The first-order valence-electron chi connectivity index (χ1n) is 10.3. The number of carbonyl (C=O) groups is 2. The molecular weight excluding hydrogens is 394 g/mol. The number of hydrogen-bond donors (Lipinski definition) is 3. The molecule has 3 aromatic rings. The molecule has 31 heavy (non-hydrogen) atoms. The summed E-state index contributed by atoms with van der Waals surface area (Å²) in [5.41, 5.74) is 4.39. The van der Waals surface area contributed by atoms with E-state index in [2.05, 4.69) is 10.3 Å². The van der Waals surface area contributed by atoms with Crippen molar-refractivity contribution in [3.8, 4) is 5.75 Å². The van der Waals surface area contributed by atoms with Gasteiger partial charge in [-0.15, -0.1) is 0 Å². The van der Waals surface area contributed by atoms with Gasteiger partial charge in [0.2, 0.25) is 0 Å². The number of carbonyl (C=O) groups excluding carboxylic acids is 2. The van der Waals surface area contributed by atoms with Crippen molar-refractivity contribution in [3.63, 3.8) is 0 Å². The minimum absolute atomic E-state index is 0.196. The van der Waals surface area contributed by atoms with Gasteiger partial charge in [-0.05, 0) is 63.1 Å². The maximum Gasteiger partial charge on any atom is 0.251 e. The van der Waals surface area contributed by atoms with Gasteiger partial charge in [0.1, 0.15) is 11.9 Å². The molecule has 1 atom stereocenters. The second-order valence-corrected chi connectivity index (χ2v) is 8.06. The minimum atomic E-state index is -0.686. The van der Waals surface area contributed by atoms with Crippen LogP contribution in [0.5, 0.6) is 5.75 Å². The fraction of sp³-hybridized carbons (Fsp3) is 0.292. The quantitative estimate of drug-likeness (QED) is 0.400. The average Bonchev–Trinajstić information content (AvgIpc) is 3.58. The Labute approximate surface area is 180 Å². The van der Waals surface area contributed by atoms with E-state index >= 15 is 0 Å². The monoisotopic (exact) mass is 419 g/mol. The zero-order valence-electron chi connectivity index (χ0n) is 17.5. The predicted octanol–water partition coefficient (Wildman–Crippen LogP) is 3.70. The van der Waals surface area contributed by atoms with Crippen LogP contribution in [0.15, 0.2) is 54.6 Å². The van der Waals surface area contributed by atoms with Crippen molar-refractivity contribution >= 4 is 22.7 Å². The lowest BCUT2D eigenvalue weighted by Gasteiger charge is -2.18. The van der Waals surface area contributed by atoms with Crippen molar-refractivity contribution in [2.45, 2.75) is 32.8 Å². The maximum absolute atomic E-state index is 12.4. The molecule has 0 radical (unpaired) electrons. The number of aryl methyl sites for hydroxylation is 1. The number of hydrogen-bond acceptors (Lipinski definition) is 5. The van der Waals surface area contributed by atoms with Crippen LogP contribution in [-0.2, 0) is 4.79 Å². The fourth-order valence-corrected chi connectivity index (χ4v) is 3.73. The summed E-state index contributed by atoms with van der Waals surface area (Å²) >= 11 is 0. The van der Waals surface area contributed by atoms with Crippen molar-refractivity contribution in [1.29, 1.82) is 0 Å². The number of amides is 2. The second-order valence-electron chi connectivity index (χ2n) is 8.06. The van der Waals surface area contributed by atoms with Crippen molar-refractivity contribution in [1.82, 2.24) is 15.8 Å². The van der Waals surface area contributed by atoms with Gasteiger partial charge in [0.05, 0.1) is 10.9 Å². The summed E-state index contributed by atoms with van der Waals surface area (Å²) in [5, 5.41) is 12.6. The number of nitrogens with zero attached hydrogens (tertiary/aromatic N) is 1. The molecule has 1 aliphatic carbocycles. The Hall–Kier alpha value is -3.45. The predicted molar refractivity (Wildman–Crippen MR) is 116 cm³/mol. The van der Waals surface area contributed by atoms with Crippen LogP contribution in [0, 0.1) is 12.3 Å². The summed E-state index contributed by atoms with van der Waals surface area (Å²) < 4.78 is 6.13. The number of hydroxylamine groups is 1. The first kappa shape index (κ1) is 20.8. The van der Waals surface area contributed by atoms with Crippen molar-refractivity contribution in [3.05, 3.63) is 71.4 Å². The Kier molecular flexibility index (Phi) is 5.61. The number of para-hydroxylation sites is 1. The molecule has 1 aromatic heterocycles. The zero-order chi connectivity index (χ0) is 22.0. The summed E-state index contributed by atoms with van der Waals surface area (Å²) in [7, 11) is 0. The number of nitrogens with one attached hydrogen (secondary N) is 2. The number of rotatable bonds is 7. The summed E-state index contributed by atoms with van der Waals surface area (Å²) in [6.07, 6.45) is 1.10. The standard InChI is InChI=1S/C24H25N3O4/c1-15-13-20(19-5-3-4-6-21(19)26-15)16(2)31-18-9-7-17(8-10-18)22(28)25-14-24(11-12-24)23(29)27-30/h3-10,13,16,30H,11-12,14H2,1-2H3,(H,25,28)(H,27,29). The molecule has 4 rings (SSSR count). The Morgan fingerprint density at radius 3 is 2.55 bits per heavy atom. The van der Waals surface area contributed by atoms with E-state index in [1.165, 1.54) is 0 Å². The highest BCUT2D eigenvalue weighted by molar-refractivity contribution is 5.95. The molecule has 0 bridgehead atoms. The highest BCUT2D eigenvalue weighted by atomic mass is 16.5. The molecule has 1 unspecified atom stereocenters. The van der Waals surface area contributed by atoms with Gasteiger partial charge >= 0.3 is 0 Å². The summed E-state index contributed by atoms with van der Waals surface area (Å²) in [5.74, 6) is -0.0716. The molecule has 7 nitrogen and oxygen atoms in total. The Morgan fingerprint density at radius 2 is 1.87 bits per heavy atom. The number of ether oxygens (including phenoxy) is 1. The third kappa shape index (κ3) is 4.36. The van der Waals surface area contributed by atoms with Crippen molar-refractivity contribution < 1.29 is 19.5 Å². The Balaban J connectivity index is 1.42. The lowest BCUT2D eigenvalue weighted by Crippen LogP contribution is -2.39. The van der Waals surface area contributed by atoms with Crippen LogP contribution in [0.2, 0.25) is 0 Å². The largest absolute Gasteiger partial charge is 0.486 e. The number of pyridine rings is 1. The molecule has 2 aromatic carbocycles. The molecule has 160 valence electrons. The Bertz CT molecular complexity index is 1120. The first-order chi connectivity index (χ1) is 14.9. The molecule has 1 aliphatic rings. The van der Waals surface area contributed by atoms with Crippen molar-refractivity contribution in [2.24, 2.45) is 5.41 Å². The highest BCUT2D eigenvalue weighted by Gasteiger charge is 2.50. The topological polar surface area (TPSA) is 101 Å². The molecule has 1 heterocycles. The molecule has 7 heteroatoms. The van der Waals surface area contributed by atoms with E-state index in [1.54, 1.807) is 29.7 Å². The smallest absolute Gasteiger partial charge is 0.251 e. The van der Waals surface area contributed by atoms with Crippen molar-refractivity contribution in [2.75, 3.05) is 6.54 Å². The van der Waals surface area contributed by atoms with E-state index in [-0.39, 0.29) is 18.6 Å². The van der Waals surface area contributed by atoms with E-state index in [0.717, 1.165) is 22.2 Å². The zero-order valence-corrected chi connectivity index (χ0v) is 17.5. The third-order valence-corrected chi connectivity index (χ3v) is 5.77. The molecule has 1 saturated carbocycles. The van der Waals surface area contributed by atoms with Crippen LogP contribution >= 0.6 is 0 Å². The molecular formula is C24H25N3O4.